The van der Waals surface area contributed by atoms with Gasteiger partial charge in [-0.15, -0.1) is 10.2 Å². The Balaban J connectivity index is 2.18. The van der Waals surface area contributed by atoms with Crippen molar-refractivity contribution in [3.8, 4) is 0 Å². The average molecular weight is 201 g/mol. The van der Waals surface area contributed by atoms with Crippen molar-refractivity contribution in [1.82, 2.24) is 14.6 Å². The fourth-order valence-corrected chi connectivity index (χ4v) is 1.86. The van der Waals surface area contributed by atoms with E-state index < -0.39 is 0 Å². The first-order valence-corrected chi connectivity index (χ1v) is 5.16. The minimum absolute atomic E-state index is 0.410. The molecule has 0 N–H and O–H groups in total. The van der Waals surface area contributed by atoms with E-state index in [1.807, 2.05) is 22.7 Å². The Morgan fingerprint density at radius 2 is 2.33 bits per heavy atom. The van der Waals surface area contributed by atoms with E-state index in [2.05, 4.69) is 10.2 Å². The van der Waals surface area contributed by atoms with Crippen LogP contribution in [-0.4, -0.2) is 20.9 Å². The van der Waals surface area contributed by atoms with E-state index in [0.717, 1.165) is 23.3 Å². The maximum atomic E-state index is 10.5. The van der Waals surface area contributed by atoms with Crippen LogP contribution in [0.5, 0.6) is 0 Å². The van der Waals surface area contributed by atoms with Crippen LogP contribution in [-0.2, 0) is 11.2 Å². The van der Waals surface area contributed by atoms with Crippen LogP contribution in [0.1, 0.15) is 30.1 Å². The molecule has 4 heteroatoms. The molecule has 0 aromatic carbocycles. The van der Waals surface area contributed by atoms with Gasteiger partial charge in [0.05, 0.1) is 0 Å². The molecule has 2 heterocycles. The molecule has 4 nitrogen and oxygen atoms in total. The van der Waals surface area contributed by atoms with Gasteiger partial charge in [0, 0.05) is 24.1 Å². The Bertz CT molecular complexity index is 514. The fraction of sp³-hybridized carbons (Fsp3) is 0.364. The largest absolute Gasteiger partial charge is 0.303 e. The molecule has 1 fully saturated rings. The van der Waals surface area contributed by atoms with Gasteiger partial charge in [0.25, 0.3) is 0 Å². The standard InChI is InChI=1S/C11H11N3O/c15-7-5-8-2-1-6-14-10(8)12-13-11(14)9-3-4-9/h1-2,6-7,9H,3-5H2. The number of fused-ring (bicyclic) bond motifs is 1. The van der Waals surface area contributed by atoms with E-state index in [1.165, 1.54) is 12.8 Å². The second-order valence-corrected chi connectivity index (χ2v) is 3.93. The smallest absolute Gasteiger partial charge is 0.164 e. The highest BCUT2D eigenvalue weighted by Crippen LogP contribution is 2.39. The predicted molar refractivity (Wildman–Crippen MR) is 54.7 cm³/mol. The first-order valence-electron chi connectivity index (χ1n) is 5.16. The van der Waals surface area contributed by atoms with Gasteiger partial charge in [0.2, 0.25) is 0 Å². The molecule has 76 valence electrons. The summed E-state index contributed by atoms with van der Waals surface area (Å²) in [7, 11) is 0. The minimum atomic E-state index is 0.410. The normalized spacial score (nSPS) is 15.7. The molecule has 2 aromatic heterocycles. The number of nitrogens with zero attached hydrogens (tertiary/aromatic N) is 3. The molecular formula is C11H11N3O. The second-order valence-electron chi connectivity index (χ2n) is 3.93. The number of carbonyl (C=O) groups is 1. The van der Waals surface area contributed by atoms with Crippen molar-refractivity contribution in [3.05, 3.63) is 29.7 Å². The van der Waals surface area contributed by atoms with E-state index in [-0.39, 0.29) is 0 Å². The maximum Gasteiger partial charge on any atom is 0.164 e. The molecule has 15 heavy (non-hydrogen) atoms. The van der Waals surface area contributed by atoms with Crippen LogP contribution < -0.4 is 0 Å². The van der Waals surface area contributed by atoms with E-state index in [9.17, 15) is 4.79 Å². The zero-order chi connectivity index (χ0) is 10.3. The lowest BCUT2D eigenvalue weighted by Gasteiger charge is -1.99. The number of rotatable bonds is 3. The van der Waals surface area contributed by atoms with Crippen molar-refractivity contribution in [2.24, 2.45) is 0 Å². The highest BCUT2D eigenvalue weighted by molar-refractivity contribution is 5.61. The molecule has 0 spiro atoms. The molecule has 0 saturated heterocycles. The van der Waals surface area contributed by atoms with E-state index >= 15 is 0 Å². The van der Waals surface area contributed by atoms with Crippen LogP contribution in [0.15, 0.2) is 18.3 Å². The summed E-state index contributed by atoms with van der Waals surface area (Å²) in [5, 5.41) is 8.35. The Kier molecular flexibility index (Phi) is 1.80. The summed E-state index contributed by atoms with van der Waals surface area (Å²) in [5.41, 5.74) is 1.78. The Morgan fingerprint density at radius 1 is 1.47 bits per heavy atom. The Morgan fingerprint density at radius 3 is 3.07 bits per heavy atom. The lowest BCUT2D eigenvalue weighted by Crippen LogP contribution is -1.95. The molecule has 0 unspecified atom stereocenters. The van der Waals surface area contributed by atoms with Gasteiger partial charge in [-0.3, -0.25) is 4.40 Å². The first kappa shape index (κ1) is 8.59. The third-order valence-corrected chi connectivity index (χ3v) is 2.79. The average Bonchev–Trinajstić information content (AvgIpc) is 3.00. The molecule has 3 rings (SSSR count). The lowest BCUT2D eigenvalue weighted by molar-refractivity contribution is -0.107. The molecule has 2 aromatic rings. The van der Waals surface area contributed by atoms with Crippen LogP contribution in [0.4, 0.5) is 0 Å². The third-order valence-electron chi connectivity index (χ3n) is 2.79. The SMILES string of the molecule is O=CCc1cccn2c(C3CC3)nnc12. The summed E-state index contributed by atoms with van der Waals surface area (Å²) in [6, 6.07) is 3.87. The van der Waals surface area contributed by atoms with Gasteiger partial charge >= 0.3 is 0 Å². The Hall–Kier alpha value is -1.71. The Labute approximate surface area is 86.9 Å². The minimum Gasteiger partial charge on any atom is -0.303 e. The van der Waals surface area contributed by atoms with Crippen LogP contribution >= 0.6 is 0 Å². The van der Waals surface area contributed by atoms with E-state index in [1.54, 1.807) is 0 Å². The van der Waals surface area contributed by atoms with Crippen molar-refractivity contribution in [1.29, 1.82) is 0 Å². The van der Waals surface area contributed by atoms with Gasteiger partial charge in [0.1, 0.15) is 12.1 Å². The number of hydrogen-bond acceptors (Lipinski definition) is 3. The molecule has 1 aliphatic carbocycles. The molecule has 0 bridgehead atoms. The van der Waals surface area contributed by atoms with Gasteiger partial charge in [-0.25, -0.2) is 0 Å². The van der Waals surface area contributed by atoms with Gasteiger partial charge in [0.15, 0.2) is 5.65 Å². The molecule has 1 saturated carbocycles. The number of aromatic nitrogens is 3. The number of pyridine rings is 1. The highest BCUT2D eigenvalue weighted by Gasteiger charge is 2.28. The topological polar surface area (TPSA) is 47.3 Å². The summed E-state index contributed by atoms with van der Waals surface area (Å²) in [4.78, 5) is 10.5. The maximum absolute atomic E-state index is 10.5. The number of hydrogen-bond donors (Lipinski definition) is 0. The predicted octanol–water partition coefficient (Wildman–Crippen LogP) is 1.35. The molecule has 0 atom stereocenters. The van der Waals surface area contributed by atoms with Crippen LogP contribution in [0.2, 0.25) is 0 Å². The van der Waals surface area contributed by atoms with Gasteiger partial charge < -0.3 is 4.79 Å². The monoisotopic (exact) mass is 201 g/mol. The fourth-order valence-electron chi connectivity index (χ4n) is 1.86. The first-order chi connectivity index (χ1) is 7.40. The molecule has 0 aliphatic heterocycles. The van der Waals surface area contributed by atoms with Gasteiger partial charge in [-0.05, 0) is 18.9 Å². The molecule has 0 radical (unpaired) electrons. The van der Waals surface area contributed by atoms with Crippen molar-refractivity contribution in [2.75, 3.05) is 0 Å². The van der Waals surface area contributed by atoms with Gasteiger partial charge in [-0.2, -0.15) is 0 Å². The van der Waals surface area contributed by atoms with Crippen molar-refractivity contribution < 1.29 is 4.79 Å². The lowest BCUT2D eigenvalue weighted by atomic mass is 10.2. The van der Waals surface area contributed by atoms with E-state index in [4.69, 9.17) is 0 Å². The summed E-state index contributed by atoms with van der Waals surface area (Å²) in [5.74, 6) is 1.62. The molecule has 0 amide bonds. The van der Waals surface area contributed by atoms with E-state index in [0.29, 0.717) is 12.3 Å². The summed E-state index contributed by atoms with van der Waals surface area (Å²) >= 11 is 0. The summed E-state index contributed by atoms with van der Waals surface area (Å²) in [6.45, 7) is 0. The summed E-state index contributed by atoms with van der Waals surface area (Å²) < 4.78 is 2.01. The van der Waals surface area contributed by atoms with Crippen molar-refractivity contribution in [2.45, 2.75) is 25.2 Å². The van der Waals surface area contributed by atoms with Crippen LogP contribution in [0.25, 0.3) is 5.65 Å². The van der Waals surface area contributed by atoms with Crippen LogP contribution in [0, 0.1) is 0 Å². The van der Waals surface area contributed by atoms with Crippen molar-refractivity contribution >= 4 is 11.9 Å². The van der Waals surface area contributed by atoms with Gasteiger partial charge in [-0.1, -0.05) is 6.07 Å². The number of aldehydes is 1. The summed E-state index contributed by atoms with van der Waals surface area (Å²) in [6.07, 6.45) is 5.70. The quantitative estimate of drug-likeness (QED) is 0.704. The van der Waals surface area contributed by atoms with Crippen LogP contribution in [0.3, 0.4) is 0 Å². The third kappa shape index (κ3) is 1.33. The molecular weight excluding hydrogens is 190 g/mol. The highest BCUT2D eigenvalue weighted by atomic mass is 16.1. The van der Waals surface area contributed by atoms with Crippen molar-refractivity contribution in [3.63, 3.8) is 0 Å². The zero-order valence-corrected chi connectivity index (χ0v) is 8.26. The molecule has 1 aliphatic rings. The number of carbonyl (C=O) groups excluding carboxylic acids is 1. The zero-order valence-electron chi connectivity index (χ0n) is 8.26. The second kappa shape index (κ2) is 3.15.